The van der Waals surface area contributed by atoms with Gasteiger partial charge in [0.05, 0.1) is 29.4 Å². The van der Waals surface area contributed by atoms with Crippen LogP contribution >= 0.6 is 0 Å². The van der Waals surface area contributed by atoms with Gasteiger partial charge in [-0.1, -0.05) is 42.0 Å². The minimum Gasteiger partial charge on any atom is -0.497 e. The lowest BCUT2D eigenvalue weighted by Gasteiger charge is -2.09. The summed E-state index contributed by atoms with van der Waals surface area (Å²) in [7, 11) is 1.57. The van der Waals surface area contributed by atoms with Gasteiger partial charge < -0.3 is 14.4 Å². The number of rotatable bonds is 5. The molecule has 7 heteroatoms. The molecule has 0 fully saturated rings. The quantitative estimate of drug-likeness (QED) is 0.289. The first-order valence-corrected chi connectivity index (χ1v) is 11.3. The number of aryl methyl sites for hydroxylation is 2. The Hall–Kier alpha value is -4.52. The van der Waals surface area contributed by atoms with Crippen LogP contribution in [0.1, 0.15) is 22.8 Å². The van der Waals surface area contributed by atoms with Gasteiger partial charge in [0.25, 0.3) is 5.91 Å². The normalized spacial score (nSPS) is 11.5. The molecular weight excluding hydrogens is 440 g/mol. The topological polar surface area (TPSA) is 89.1 Å². The molecule has 5 aromatic rings. The molecule has 0 saturated carbocycles. The highest BCUT2D eigenvalue weighted by atomic mass is 16.5. The SMILES string of the molecule is CCn1c(O)c(N=NC(=O)c2cc(-c3ccccc3)nc3ccc(OC)cc23)c2cc(C)ccc21. The summed E-state index contributed by atoms with van der Waals surface area (Å²) in [5, 5.41) is 20.4. The van der Waals surface area contributed by atoms with Crippen LogP contribution in [0.4, 0.5) is 5.69 Å². The van der Waals surface area contributed by atoms with Gasteiger partial charge in [-0.25, -0.2) is 4.98 Å². The van der Waals surface area contributed by atoms with Crippen LogP contribution in [0.25, 0.3) is 33.1 Å². The van der Waals surface area contributed by atoms with Crippen molar-refractivity contribution in [3.05, 3.63) is 83.9 Å². The van der Waals surface area contributed by atoms with Gasteiger partial charge in [-0.2, -0.15) is 0 Å². The molecule has 0 aliphatic carbocycles. The molecule has 3 aromatic carbocycles. The van der Waals surface area contributed by atoms with Crippen molar-refractivity contribution in [3.63, 3.8) is 0 Å². The Kier molecular flexibility index (Phi) is 5.74. The van der Waals surface area contributed by atoms with Crippen molar-refractivity contribution < 1.29 is 14.6 Å². The number of hydrogen-bond donors (Lipinski definition) is 1. The van der Waals surface area contributed by atoms with Crippen LogP contribution < -0.4 is 4.74 Å². The molecule has 2 aromatic heterocycles. The molecule has 0 saturated heterocycles. The number of nitrogens with zero attached hydrogens (tertiary/aromatic N) is 4. The van der Waals surface area contributed by atoms with E-state index >= 15 is 0 Å². The predicted octanol–water partition coefficient (Wildman–Crippen LogP) is 6.82. The molecule has 0 atom stereocenters. The van der Waals surface area contributed by atoms with E-state index in [0.29, 0.717) is 34.5 Å². The lowest BCUT2D eigenvalue weighted by Crippen LogP contribution is -1.99. The highest BCUT2D eigenvalue weighted by Crippen LogP contribution is 2.39. The van der Waals surface area contributed by atoms with Gasteiger partial charge in [0, 0.05) is 22.9 Å². The number of ether oxygens (including phenoxy) is 1. The van der Waals surface area contributed by atoms with Gasteiger partial charge in [0.15, 0.2) is 5.69 Å². The third-order valence-corrected chi connectivity index (χ3v) is 6.04. The lowest BCUT2D eigenvalue weighted by atomic mass is 10.0. The van der Waals surface area contributed by atoms with Crippen LogP contribution in [0.2, 0.25) is 0 Å². The van der Waals surface area contributed by atoms with Crippen molar-refractivity contribution in [2.75, 3.05) is 7.11 Å². The zero-order valence-electron chi connectivity index (χ0n) is 19.7. The number of amides is 1. The van der Waals surface area contributed by atoms with E-state index in [9.17, 15) is 9.90 Å². The molecule has 0 aliphatic rings. The van der Waals surface area contributed by atoms with Gasteiger partial charge >= 0.3 is 0 Å². The van der Waals surface area contributed by atoms with E-state index in [2.05, 4.69) is 10.2 Å². The second kappa shape index (κ2) is 9.02. The Labute approximate surface area is 202 Å². The number of benzene rings is 3. The van der Waals surface area contributed by atoms with E-state index in [1.54, 1.807) is 29.9 Å². The summed E-state index contributed by atoms with van der Waals surface area (Å²) < 4.78 is 7.11. The van der Waals surface area contributed by atoms with Crippen LogP contribution in [0.3, 0.4) is 0 Å². The number of azo groups is 1. The van der Waals surface area contributed by atoms with Gasteiger partial charge in [0.1, 0.15) is 5.75 Å². The maximum atomic E-state index is 13.4. The fraction of sp³-hybridized carbons (Fsp3) is 0.143. The minimum atomic E-state index is -0.535. The molecule has 2 heterocycles. The highest BCUT2D eigenvalue weighted by molar-refractivity contribution is 6.08. The monoisotopic (exact) mass is 464 g/mol. The predicted molar refractivity (Wildman–Crippen MR) is 137 cm³/mol. The molecule has 1 N–H and O–H groups in total. The smallest absolute Gasteiger partial charge is 0.296 e. The molecule has 35 heavy (non-hydrogen) atoms. The highest BCUT2D eigenvalue weighted by Gasteiger charge is 2.18. The number of fused-ring (bicyclic) bond motifs is 2. The first-order valence-electron chi connectivity index (χ1n) is 11.3. The number of carbonyl (C=O) groups is 1. The number of carbonyl (C=O) groups excluding carboxylic acids is 1. The summed E-state index contributed by atoms with van der Waals surface area (Å²) in [4.78, 5) is 18.1. The molecule has 7 nitrogen and oxygen atoms in total. The Bertz CT molecular complexity index is 1600. The molecule has 0 unspecified atom stereocenters. The Balaban J connectivity index is 1.65. The first-order chi connectivity index (χ1) is 17.0. The molecule has 0 radical (unpaired) electrons. The van der Waals surface area contributed by atoms with Gasteiger partial charge in [-0.15, -0.1) is 10.2 Å². The summed E-state index contributed by atoms with van der Waals surface area (Å²) in [6, 6.07) is 22.6. The van der Waals surface area contributed by atoms with E-state index in [-0.39, 0.29) is 11.6 Å². The molecule has 1 amide bonds. The fourth-order valence-electron chi connectivity index (χ4n) is 4.27. The van der Waals surface area contributed by atoms with Crippen molar-refractivity contribution in [3.8, 4) is 22.9 Å². The third kappa shape index (κ3) is 4.01. The summed E-state index contributed by atoms with van der Waals surface area (Å²) in [5.41, 5.74) is 4.67. The molecular formula is C28H24N4O3. The largest absolute Gasteiger partial charge is 0.497 e. The third-order valence-electron chi connectivity index (χ3n) is 6.04. The molecule has 0 aliphatic heterocycles. The van der Waals surface area contributed by atoms with Crippen molar-refractivity contribution in [1.29, 1.82) is 0 Å². The number of hydrogen-bond acceptors (Lipinski definition) is 5. The van der Waals surface area contributed by atoms with Crippen LogP contribution in [0, 0.1) is 6.92 Å². The summed E-state index contributed by atoms with van der Waals surface area (Å²) in [6.45, 7) is 4.46. The average Bonchev–Trinajstić information content (AvgIpc) is 3.16. The standard InChI is InChI=1S/C28H24N4O3/c1-4-32-25-13-10-17(2)14-22(25)26(28(32)34)30-31-27(33)21-16-24(18-8-6-5-7-9-18)29-23-12-11-19(35-3)15-20(21)23/h5-16,34H,4H2,1-3H3. The number of methoxy groups -OCH3 is 1. The van der Waals surface area contributed by atoms with Gasteiger partial charge in [0.2, 0.25) is 5.88 Å². The van der Waals surface area contributed by atoms with Crippen LogP contribution in [0.5, 0.6) is 11.6 Å². The zero-order valence-corrected chi connectivity index (χ0v) is 19.7. The van der Waals surface area contributed by atoms with Crippen molar-refractivity contribution in [1.82, 2.24) is 9.55 Å². The number of pyridine rings is 1. The molecule has 174 valence electrons. The van der Waals surface area contributed by atoms with Crippen molar-refractivity contribution in [2.45, 2.75) is 20.4 Å². The van der Waals surface area contributed by atoms with Crippen LogP contribution in [-0.2, 0) is 6.54 Å². The molecule has 5 rings (SSSR count). The second-order valence-electron chi connectivity index (χ2n) is 8.25. The first kappa shape index (κ1) is 22.3. The molecule has 0 bridgehead atoms. The average molecular weight is 465 g/mol. The number of aromatic hydroxyl groups is 1. The Morgan fingerprint density at radius 2 is 1.83 bits per heavy atom. The van der Waals surface area contributed by atoms with Crippen molar-refractivity contribution in [2.24, 2.45) is 10.2 Å². The van der Waals surface area contributed by atoms with E-state index in [0.717, 1.165) is 22.0 Å². The fourth-order valence-corrected chi connectivity index (χ4v) is 4.27. The maximum Gasteiger partial charge on any atom is 0.296 e. The summed E-state index contributed by atoms with van der Waals surface area (Å²) in [6.07, 6.45) is 0. The van der Waals surface area contributed by atoms with E-state index < -0.39 is 5.91 Å². The zero-order chi connectivity index (χ0) is 24.5. The Morgan fingerprint density at radius 3 is 2.57 bits per heavy atom. The summed E-state index contributed by atoms with van der Waals surface area (Å²) in [5.74, 6) is 0.0556. The maximum absolute atomic E-state index is 13.4. The minimum absolute atomic E-state index is 0.0177. The second-order valence-corrected chi connectivity index (χ2v) is 8.25. The van der Waals surface area contributed by atoms with Gasteiger partial charge in [-0.05, 0) is 50.2 Å². The summed E-state index contributed by atoms with van der Waals surface area (Å²) >= 11 is 0. The van der Waals surface area contributed by atoms with E-state index in [1.807, 2.05) is 68.4 Å². The van der Waals surface area contributed by atoms with E-state index in [1.165, 1.54) is 0 Å². The number of aromatic nitrogens is 2. The van der Waals surface area contributed by atoms with Crippen molar-refractivity contribution >= 4 is 33.4 Å². The van der Waals surface area contributed by atoms with Gasteiger partial charge in [-0.3, -0.25) is 4.79 Å². The lowest BCUT2D eigenvalue weighted by molar-refractivity contribution is 0.0996. The van der Waals surface area contributed by atoms with Crippen LogP contribution in [-0.4, -0.2) is 27.7 Å². The molecule has 0 spiro atoms. The van der Waals surface area contributed by atoms with E-state index in [4.69, 9.17) is 9.72 Å². The van der Waals surface area contributed by atoms with Crippen LogP contribution in [0.15, 0.2) is 83.0 Å². The Morgan fingerprint density at radius 1 is 1.03 bits per heavy atom.